The van der Waals surface area contributed by atoms with Crippen molar-refractivity contribution in [3.05, 3.63) is 107 Å². The zero-order chi connectivity index (χ0) is 30.7. The topological polar surface area (TPSA) is 122 Å². The van der Waals surface area contributed by atoms with Crippen molar-refractivity contribution in [3.63, 3.8) is 0 Å². The molecule has 222 valence electrons. The second-order valence-electron chi connectivity index (χ2n) is 9.94. The van der Waals surface area contributed by atoms with Gasteiger partial charge in [0, 0.05) is 18.1 Å². The highest BCUT2D eigenvalue weighted by atomic mass is 32.2. The average molecular weight is 605 g/mol. The summed E-state index contributed by atoms with van der Waals surface area (Å²) in [5.41, 5.74) is 3.18. The zero-order valence-electron chi connectivity index (χ0n) is 23.4. The Balaban J connectivity index is 1.33. The molecule has 1 aliphatic rings. The molecule has 4 aromatic carbocycles. The first-order valence-corrected chi connectivity index (χ1v) is 14.8. The molecule has 1 aliphatic heterocycles. The number of aromatic carboxylic acids is 1. The van der Waals surface area contributed by atoms with Crippen LogP contribution in [0.3, 0.4) is 0 Å². The van der Waals surface area contributed by atoms with Gasteiger partial charge in [0.1, 0.15) is 30.0 Å². The maximum Gasteiger partial charge on any atom is 0.335 e. The van der Waals surface area contributed by atoms with Crippen molar-refractivity contribution in [2.45, 2.75) is 24.3 Å². The minimum atomic E-state index is -4.16. The molecular weight excluding hydrogens is 575 g/mol. The van der Waals surface area contributed by atoms with E-state index in [9.17, 15) is 22.4 Å². The summed E-state index contributed by atoms with van der Waals surface area (Å²) in [4.78, 5) is 24.5. The standard InChI is InChI=1S/C32H29FN2O7S/c1-20-17-23(32(37)38)9-14-29(20)42-16-15-34-31(36)28-18-22-5-3-4-6-27(22)35(28)43(39,40)25-11-7-21(8-12-25)26-13-10-24(33)19-30(26)41-2/h3-14,17,19,28H,15-16,18H2,1-2H3,(H,34,36)(H,37,38)/t28-/m0/s1. The number of aryl methyl sites for hydroxylation is 1. The number of amides is 1. The SMILES string of the molecule is COc1cc(F)ccc1-c1ccc(S(=O)(=O)N2c3ccccc3C[C@H]2C(=O)NCCOc2ccc(C(=O)O)cc2C)cc1. The second-order valence-corrected chi connectivity index (χ2v) is 11.8. The van der Waals surface area contributed by atoms with E-state index in [-0.39, 0.29) is 30.0 Å². The van der Waals surface area contributed by atoms with Crippen molar-refractivity contribution in [3.8, 4) is 22.6 Å². The van der Waals surface area contributed by atoms with Gasteiger partial charge in [0.2, 0.25) is 5.91 Å². The Bertz CT molecular complexity index is 1790. The van der Waals surface area contributed by atoms with Gasteiger partial charge in [0.15, 0.2) is 0 Å². The summed E-state index contributed by atoms with van der Waals surface area (Å²) < 4.78 is 53.7. The molecule has 2 N–H and O–H groups in total. The van der Waals surface area contributed by atoms with Gasteiger partial charge in [0.25, 0.3) is 10.0 Å². The van der Waals surface area contributed by atoms with E-state index in [4.69, 9.17) is 14.6 Å². The van der Waals surface area contributed by atoms with Crippen molar-refractivity contribution in [1.82, 2.24) is 5.32 Å². The molecule has 5 rings (SSSR count). The van der Waals surface area contributed by atoms with E-state index < -0.39 is 33.8 Å². The van der Waals surface area contributed by atoms with E-state index in [0.29, 0.717) is 33.9 Å². The number of sulfonamides is 1. The van der Waals surface area contributed by atoms with Crippen molar-refractivity contribution in [2.24, 2.45) is 0 Å². The van der Waals surface area contributed by atoms with Gasteiger partial charge < -0.3 is 19.9 Å². The van der Waals surface area contributed by atoms with Crippen LogP contribution in [0, 0.1) is 12.7 Å². The molecule has 11 heteroatoms. The van der Waals surface area contributed by atoms with Crippen LogP contribution >= 0.6 is 0 Å². The third kappa shape index (κ3) is 6.02. The fourth-order valence-corrected chi connectivity index (χ4v) is 6.72. The minimum Gasteiger partial charge on any atom is -0.496 e. The number of methoxy groups -OCH3 is 1. The van der Waals surface area contributed by atoms with Crippen molar-refractivity contribution < 1.29 is 37.0 Å². The van der Waals surface area contributed by atoms with E-state index in [2.05, 4.69) is 5.32 Å². The first-order chi connectivity index (χ1) is 20.6. The van der Waals surface area contributed by atoms with E-state index in [1.165, 1.54) is 43.5 Å². The van der Waals surface area contributed by atoms with Gasteiger partial charge >= 0.3 is 5.97 Å². The fraction of sp³-hybridized carbons (Fsp3) is 0.188. The summed E-state index contributed by atoms with van der Waals surface area (Å²) in [7, 11) is -2.73. The lowest BCUT2D eigenvalue weighted by molar-refractivity contribution is -0.122. The number of fused-ring (bicyclic) bond motifs is 1. The normalized spacial score (nSPS) is 14.2. The van der Waals surface area contributed by atoms with Gasteiger partial charge in [-0.3, -0.25) is 9.10 Å². The minimum absolute atomic E-state index is 0.00421. The Hall–Kier alpha value is -4.90. The van der Waals surface area contributed by atoms with Crippen molar-refractivity contribution in [1.29, 1.82) is 0 Å². The zero-order valence-corrected chi connectivity index (χ0v) is 24.2. The summed E-state index contributed by atoms with van der Waals surface area (Å²) in [6.07, 6.45) is 0.197. The maximum atomic E-state index is 14.0. The van der Waals surface area contributed by atoms with Gasteiger partial charge in [0.05, 0.1) is 29.8 Å². The van der Waals surface area contributed by atoms with Gasteiger partial charge in [-0.15, -0.1) is 0 Å². The number of para-hydroxylation sites is 1. The maximum absolute atomic E-state index is 14.0. The first-order valence-electron chi connectivity index (χ1n) is 13.4. The fourth-order valence-electron chi connectivity index (χ4n) is 5.07. The molecule has 0 bridgehead atoms. The predicted molar refractivity (Wildman–Crippen MR) is 159 cm³/mol. The van der Waals surface area contributed by atoms with Crippen molar-refractivity contribution >= 4 is 27.6 Å². The third-order valence-corrected chi connectivity index (χ3v) is 9.03. The molecule has 0 aliphatic carbocycles. The third-order valence-electron chi connectivity index (χ3n) is 7.19. The number of halogens is 1. The number of anilines is 1. The van der Waals surface area contributed by atoms with Gasteiger partial charge in [-0.2, -0.15) is 0 Å². The molecular formula is C32H29FN2O7S. The number of carbonyl (C=O) groups is 2. The molecule has 1 heterocycles. The second kappa shape index (κ2) is 12.1. The number of carboxylic acids is 1. The van der Waals surface area contributed by atoms with Crippen LogP contribution in [-0.2, 0) is 21.2 Å². The quantitative estimate of drug-likeness (QED) is 0.249. The van der Waals surface area contributed by atoms with E-state index >= 15 is 0 Å². The van der Waals surface area contributed by atoms with Crippen LogP contribution in [-0.4, -0.2) is 51.7 Å². The van der Waals surface area contributed by atoms with Crippen LogP contribution in [0.1, 0.15) is 21.5 Å². The summed E-state index contributed by atoms with van der Waals surface area (Å²) >= 11 is 0. The lowest BCUT2D eigenvalue weighted by Gasteiger charge is -2.26. The lowest BCUT2D eigenvalue weighted by atomic mass is 10.0. The summed E-state index contributed by atoms with van der Waals surface area (Å²) in [6.45, 7) is 1.93. The highest BCUT2D eigenvalue weighted by molar-refractivity contribution is 7.93. The molecule has 43 heavy (non-hydrogen) atoms. The molecule has 1 atom stereocenters. The van der Waals surface area contributed by atoms with Crippen LogP contribution < -0.4 is 19.1 Å². The van der Waals surface area contributed by atoms with Gasteiger partial charge in [-0.25, -0.2) is 17.6 Å². The smallest absolute Gasteiger partial charge is 0.335 e. The molecule has 4 aromatic rings. The number of nitrogens with zero attached hydrogens (tertiary/aromatic N) is 1. The van der Waals surface area contributed by atoms with E-state index in [1.807, 2.05) is 0 Å². The first kappa shape index (κ1) is 29.6. The van der Waals surface area contributed by atoms with Crippen molar-refractivity contribution in [2.75, 3.05) is 24.6 Å². The molecule has 0 saturated heterocycles. The summed E-state index contributed by atoms with van der Waals surface area (Å²) in [6, 6.07) is 20.7. The Morgan fingerprint density at radius 1 is 1.00 bits per heavy atom. The Kier molecular flexibility index (Phi) is 8.36. The van der Waals surface area contributed by atoms with Gasteiger partial charge in [-0.05, 0) is 72.1 Å². The Morgan fingerprint density at radius 2 is 1.74 bits per heavy atom. The number of ether oxygens (including phenoxy) is 2. The molecule has 0 unspecified atom stereocenters. The number of nitrogens with one attached hydrogen (secondary N) is 1. The largest absolute Gasteiger partial charge is 0.496 e. The molecule has 0 saturated carbocycles. The number of hydrogen-bond donors (Lipinski definition) is 2. The number of hydrogen-bond acceptors (Lipinski definition) is 6. The molecule has 0 radical (unpaired) electrons. The monoisotopic (exact) mass is 604 g/mol. The molecule has 0 fully saturated rings. The van der Waals surface area contributed by atoms with E-state index in [1.54, 1.807) is 55.5 Å². The van der Waals surface area contributed by atoms with Crippen LogP contribution in [0.4, 0.5) is 10.1 Å². The molecule has 9 nitrogen and oxygen atoms in total. The van der Waals surface area contributed by atoms with Crippen LogP contribution in [0.5, 0.6) is 11.5 Å². The lowest BCUT2D eigenvalue weighted by Crippen LogP contribution is -2.48. The number of carbonyl (C=O) groups excluding carboxylic acids is 1. The molecule has 0 aromatic heterocycles. The highest BCUT2D eigenvalue weighted by Gasteiger charge is 2.42. The summed E-state index contributed by atoms with van der Waals surface area (Å²) in [5, 5.41) is 11.9. The average Bonchev–Trinajstić information content (AvgIpc) is 3.40. The molecule has 1 amide bonds. The predicted octanol–water partition coefficient (Wildman–Crippen LogP) is 4.82. The Labute approximate surface area is 248 Å². The highest BCUT2D eigenvalue weighted by Crippen LogP contribution is 2.38. The van der Waals surface area contributed by atoms with Gasteiger partial charge in [-0.1, -0.05) is 30.3 Å². The van der Waals surface area contributed by atoms with Crippen LogP contribution in [0.2, 0.25) is 0 Å². The number of benzene rings is 4. The number of rotatable bonds is 10. The van der Waals surface area contributed by atoms with Crippen LogP contribution in [0.25, 0.3) is 11.1 Å². The Morgan fingerprint density at radius 3 is 2.44 bits per heavy atom. The van der Waals surface area contributed by atoms with E-state index in [0.717, 1.165) is 9.87 Å². The van der Waals surface area contributed by atoms with Crippen LogP contribution in [0.15, 0.2) is 89.8 Å². The number of carboxylic acid groups (broad SMARTS) is 1. The molecule has 0 spiro atoms. The summed E-state index contributed by atoms with van der Waals surface area (Å²) in [5.74, 6) is -1.17.